The van der Waals surface area contributed by atoms with E-state index in [1.165, 1.54) is 45.0 Å². The van der Waals surface area contributed by atoms with Crippen molar-refractivity contribution in [3.05, 3.63) is 34.4 Å². The number of rotatable bonds is 6. The van der Waals surface area contributed by atoms with E-state index in [-0.39, 0.29) is 12.3 Å². The number of hydrogen-bond acceptors (Lipinski definition) is 10. The van der Waals surface area contributed by atoms with Crippen LogP contribution in [0, 0.1) is 10.1 Å². The van der Waals surface area contributed by atoms with Gasteiger partial charge in [-0.05, 0) is 12.1 Å². The standard InChI is InChI=1S/C17H20N2O9/c1-9(20)26-14-8-25-17(16(28-11(3)22)15(14)27-10(2)21)18-12-4-6-13(7-5-12)19(23)24/h4-7,14-18H,8H2,1-3H3/t14-,15+,16-,17-/m1/s1. The summed E-state index contributed by atoms with van der Waals surface area (Å²) in [6.07, 6.45) is -4.16. The van der Waals surface area contributed by atoms with Crippen LogP contribution in [0.2, 0.25) is 0 Å². The molecule has 0 unspecified atom stereocenters. The van der Waals surface area contributed by atoms with Crippen LogP contribution in [0.4, 0.5) is 11.4 Å². The first-order valence-corrected chi connectivity index (χ1v) is 8.31. The van der Waals surface area contributed by atoms with Crippen molar-refractivity contribution in [2.45, 2.75) is 45.3 Å². The fourth-order valence-corrected chi connectivity index (χ4v) is 2.71. The number of ether oxygens (including phenoxy) is 4. The van der Waals surface area contributed by atoms with Gasteiger partial charge in [-0.1, -0.05) is 0 Å². The van der Waals surface area contributed by atoms with E-state index in [9.17, 15) is 24.5 Å². The van der Waals surface area contributed by atoms with Gasteiger partial charge in [0.25, 0.3) is 5.69 Å². The summed E-state index contributed by atoms with van der Waals surface area (Å²) in [4.78, 5) is 44.6. The highest BCUT2D eigenvalue weighted by Gasteiger charge is 2.47. The number of carbonyl (C=O) groups is 3. The van der Waals surface area contributed by atoms with E-state index in [4.69, 9.17) is 18.9 Å². The molecule has 0 spiro atoms. The minimum Gasteiger partial charge on any atom is -0.456 e. The summed E-state index contributed by atoms with van der Waals surface area (Å²) >= 11 is 0. The van der Waals surface area contributed by atoms with Gasteiger partial charge in [0.1, 0.15) is 0 Å². The first kappa shape index (κ1) is 21.1. The molecule has 1 aromatic carbocycles. The number of nitrogens with one attached hydrogen (secondary N) is 1. The van der Waals surface area contributed by atoms with Gasteiger partial charge >= 0.3 is 17.9 Å². The van der Waals surface area contributed by atoms with E-state index in [0.29, 0.717) is 5.69 Å². The molecule has 0 aliphatic carbocycles. The first-order valence-electron chi connectivity index (χ1n) is 8.31. The number of benzene rings is 1. The van der Waals surface area contributed by atoms with Crippen molar-refractivity contribution >= 4 is 29.3 Å². The van der Waals surface area contributed by atoms with Crippen LogP contribution in [0.15, 0.2) is 24.3 Å². The summed E-state index contributed by atoms with van der Waals surface area (Å²) in [5.41, 5.74) is 0.347. The average Bonchev–Trinajstić information content (AvgIpc) is 2.59. The van der Waals surface area contributed by atoms with Crippen LogP contribution in [0.3, 0.4) is 0 Å². The third kappa shape index (κ3) is 5.64. The highest BCUT2D eigenvalue weighted by atomic mass is 16.6. The van der Waals surface area contributed by atoms with Crippen LogP contribution < -0.4 is 5.32 Å². The van der Waals surface area contributed by atoms with Gasteiger partial charge < -0.3 is 24.3 Å². The van der Waals surface area contributed by atoms with Crippen molar-refractivity contribution in [3.63, 3.8) is 0 Å². The van der Waals surface area contributed by atoms with Gasteiger partial charge in [0.2, 0.25) is 0 Å². The predicted octanol–water partition coefficient (Wildman–Crippen LogP) is 1.16. The van der Waals surface area contributed by atoms with Crippen LogP contribution in [0.1, 0.15) is 20.8 Å². The van der Waals surface area contributed by atoms with E-state index < -0.39 is 47.4 Å². The molecule has 0 aromatic heterocycles. The summed E-state index contributed by atoms with van der Waals surface area (Å²) < 4.78 is 21.2. The van der Waals surface area contributed by atoms with Gasteiger partial charge in [-0.3, -0.25) is 24.5 Å². The number of anilines is 1. The first-order chi connectivity index (χ1) is 13.2. The van der Waals surface area contributed by atoms with E-state index in [1.807, 2.05) is 0 Å². The number of hydrogen-bond donors (Lipinski definition) is 1. The molecule has 2 rings (SSSR count). The Morgan fingerprint density at radius 1 is 1.00 bits per heavy atom. The van der Waals surface area contributed by atoms with Crippen LogP contribution >= 0.6 is 0 Å². The van der Waals surface area contributed by atoms with Gasteiger partial charge in [0.15, 0.2) is 24.5 Å². The SMILES string of the molecule is CC(=O)O[C@@H]1[C@@H](OC(C)=O)[C@H](OC(C)=O)CO[C@H]1Nc1ccc([N+](=O)[O-])cc1. The lowest BCUT2D eigenvalue weighted by Crippen LogP contribution is -2.59. The number of nitrogens with zero attached hydrogens (tertiary/aromatic N) is 1. The molecule has 1 aliphatic rings. The largest absolute Gasteiger partial charge is 0.456 e. The predicted molar refractivity (Wildman–Crippen MR) is 93.1 cm³/mol. The van der Waals surface area contributed by atoms with E-state index in [2.05, 4.69) is 5.32 Å². The lowest BCUT2D eigenvalue weighted by atomic mass is 10.0. The molecule has 28 heavy (non-hydrogen) atoms. The molecule has 1 N–H and O–H groups in total. The number of nitro benzene ring substituents is 1. The molecular weight excluding hydrogens is 376 g/mol. The Bertz CT molecular complexity index is 749. The van der Waals surface area contributed by atoms with Crippen molar-refractivity contribution < 1.29 is 38.3 Å². The lowest BCUT2D eigenvalue weighted by molar-refractivity contribution is -0.384. The summed E-state index contributed by atoms with van der Waals surface area (Å²) in [7, 11) is 0. The molecule has 0 saturated carbocycles. The summed E-state index contributed by atoms with van der Waals surface area (Å²) in [5, 5.41) is 13.7. The number of nitro groups is 1. The Hall–Kier alpha value is -3.21. The summed E-state index contributed by atoms with van der Waals surface area (Å²) in [5.74, 6) is -1.94. The Morgan fingerprint density at radius 2 is 1.54 bits per heavy atom. The van der Waals surface area contributed by atoms with E-state index in [0.717, 1.165) is 0 Å². The van der Waals surface area contributed by atoms with Crippen molar-refractivity contribution in [1.82, 2.24) is 0 Å². The zero-order valence-electron chi connectivity index (χ0n) is 15.4. The fraction of sp³-hybridized carbons (Fsp3) is 0.471. The van der Waals surface area contributed by atoms with Gasteiger partial charge in [0.05, 0.1) is 11.5 Å². The van der Waals surface area contributed by atoms with E-state index >= 15 is 0 Å². The van der Waals surface area contributed by atoms with Crippen LogP contribution in [0.5, 0.6) is 0 Å². The molecule has 11 nitrogen and oxygen atoms in total. The topological polar surface area (TPSA) is 143 Å². The maximum atomic E-state index is 11.6. The smallest absolute Gasteiger partial charge is 0.303 e. The molecule has 0 bridgehead atoms. The summed E-state index contributed by atoms with van der Waals surface area (Å²) in [6, 6.07) is 5.48. The average molecular weight is 396 g/mol. The quantitative estimate of drug-likeness (QED) is 0.322. The highest BCUT2D eigenvalue weighted by Crippen LogP contribution is 2.26. The third-order valence-corrected chi connectivity index (χ3v) is 3.74. The van der Waals surface area contributed by atoms with Crippen LogP contribution in [-0.2, 0) is 33.3 Å². The fourth-order valence-electron chi connectivity index (χ4n) is 2.71. The Morgan fingerprint density at radius 3 is 2.04 bits per heavy atom. The second-order valence-corrected chi connectivity index (χ2v) is 6.00. The normalized spacial score (nSPS) is 24.0. The molecule has 0 radical (unpaired) electrons. The number of non-ortho nitro benzene ring substituents is 1. The van der Waals surface area contributed by atoms with Crippen molar-refractivity contribution in [2.75, 3.05) is 11.9 Å². The molecule has 0 amide bonds. The van der Waals surface area contributed by atoms with Crippen molar-refractivity contribution in [3.8, 4) is 0 Å². The molecule has 1 aliphatic heterocycles. The molecular formula is C17H20N2O9. The number of esters is 3. The molecule has 1 heterocycles. The van der Waals surface area contributed by atoms with E-state index in [1.54, 1.807) is 0 Å². The zero-order chi connectivity index (χ0) is 20.8. The Balaban J connectivity index is 2.25. The van der Waals surface area contributed by atoms with Crippen molar-refractivity contribution in [1.29, 1.82) is 0 Å². The Kier molecular flexibility index (Phi) is 6.88. The maximum absolute atomic E-state index is 11.6. The van der Waals surface area contributed by atoms with Crippen LogP contribution in [0.25, 0.3) is 0 Å². The molecule has 1 fully saturated rings. The minimum atomic E-state index is -1.13. The molecule has 11 heteroatoms. The molecule has 152 valence electrons. The van der Waals surface area contributed by atoms with Crippen LogP contribution in [-0.4, -0.2) is 54.0 Å². The molecule has 1 saturated heterocycles. The van der Waals surface area contributed by atoms with Gasteiger partial charge in [0, 0.05) is 38.6 Å². The molecule has 1 aromatic rings. The summed E-state index contributed by atoms with van der Waals surface area (Å²) in [6.45, 7) is 3.40. The van der Waals surface area contributed by atoms with Gasteiger partial charge in [-0.2, -0.15) is 0 Å². The Labute approximate surface area is 160 Å². The van der Waals surface area contributed by atoms with Crippen molar-refractivity contribution in [2.24, 2.45) is 0 Å². The highest BCUT2D eigenvalue weighted by molar-refractivity contribution is 5.68. The lowest BCUT2D eigenvalue weighted by Gasteiger charge is -2.40. The minimum absolute atomic E-state index is 0.0978. The number of carbonyl (C=O) groups excluding carboxylic acids is 3. The maximum Gasteiger partial charge on any atom is 0.303 e. The van der Waals surface area contributed by atoms with Gasteiger partial charge in [-0.25, -0.2) is 0 Å². The second-order valence-electron chi connectivity index (χ2n) is 6.00. The second kappa shape index (κ2) is 9.13. The molecule has 4 atom stereocenters. The zero-order valence-corrected chi connectivity index (χ0v) is 15.4. The van der Waals surface area contributed by atoms with Gasteiger partial charge in [-0.15, -0.1) is 0 Å². The monoisotopic (exact) mass is 396 g/mol. The third-order valence-electron chi connectivity index (χ3n) is 3.74.